The number of hydrogen-bond donors (Lipinski definition) is 0. The van der Waals surface area contributed by atoms with Crippen LogP contribution in [0.2, 0.25) is 0 Å². The Morgan fingerprint density at radius 3 is 1.96 bits per heavy atom. The van der Waals surface area contributed by atoms with E-state index in [2.05, 4.69) is 61.0 Å². The summed E-state index contributed by atoms with van der Waals surface area (Å²) in [5, 5.41) is 0. The number of rotatable bonds is 10. The summed E-state index contributed by atoms with van der Waals surface area (Å²) in [6.07, 6.45) is 14.7. The van der Waals surface area contributed by atoms with Crippen molar-refractivity contribution in [3.05, 3.63) is 65.0 Å². The molecular formula is C25H33N. The molecule has 1 heteroatoms. The molecule has 0 amide bonds. The Morgan fingerprint density at radius 1 is 0.654 bits per heavy atom. The summed E-state index contributed by atoms with van der Waals surface area (Å²) >= 11 is 0. The van der Waals surface area contributed by atoms with Crippen molar-refractivity contribution in [3.8, 4) is 11.8 Å². The number of unbranched alkanes of at least 4 members (excludes halogenated alkanes) is 6. The van der Waals surface area contributed by atoms with Crippen molar-refractivity contribution in [2.24, 2.45) is 0 Å². The minimum Gasteiger partial charge on any atom is -0.248 e. The van der Waals surface area contributed by atoms with Crippen molar-refractivity contribution >= 4 is 0 Å². The predicted molar refractivity (Wildman–Crippen MR) is 112 cm³/mol. The van der Waals surface area contributed by atoms with Crippen LogP contribution in [-0.4, -0.2) is 4.98 Å². The molecule has 0 unspecified atom stereocenters. The maximum atomic E-state index is 4.48. The molecule has 0 aliphatic carbocycles. The lowest BCUT2D eigenvalue weighted by molar-refractivity contribution is 0.632. The summed E-state index contributed by atoms with van der Waals surface area (Å²) in [5.74, 6) is 6.41. The first-order chi connectivity index (χ1) is 12.8. The number of benzene rings is 1. The second kappa shape index (κ2) is 12.3. The van der Waals surface area contributed by atoms with E-state index in [9.17, 15) is 0 Å². The maximum Gasteiger partial charge on any atom is 0.113 e. The second-order valence-corrected chi connectivity index (χ2v) is 7.12. The van der Waals surface area contributed by atoms with Gasteiger partial charge in [0, 0.05) is 11.8 Å². The summed E-state index contributed by atoms with van der Waals surface area (Å²) in [7, 11) is 0. The number of nitrogens with zero attached hydrogens (tertiary/aromatic N) is 1. The van der Waals surface area contributed by atoms with Gasteiger partial charge in [0.25, 0.3) is 0 Å². The Bertz CT molecular complexity index is 671. The van der Waals surface area contributed by atoms with Crippen molar-refractivity contribution in [1.29, 1.82) is 0 Å². The van der Waals surface area contributed by atoms with Crippen LogP contribution in [-0.2, 0) is 12.8 Å². The Balaban J connectivity index is 1.81. The van der Waals surface area contributed by atoms with E-state index in [-0.39, 0.29) is 0 Å². The zero-order valence-electron chi connectivity index (χ0n) is 16.6. The fraction of sp³-hybridized carbons (Fsp3) is 0.480. The fourth-order valence-electron chi connectivity index (χ4n) is 3.05. The molecule has 0 spiro atoms. The minimum atomic E-state index is 0.851. The van der Waals surface area contributed by atoms with Crippen LogP contribution in [0.25, 0.3) is 0 Å². The molecule has 0 saturated heterocycles. The van der Waals surface area contributed by atoms with Crippen LogP contribution in [0.15, 0.2) is 42.6 Å². The molecule has 1 nitrogen and oxygen atoms in total. The van der Waals surface area contributed by atoms with Gasteiger partial charge in [-0.2, -0.15) is 0 Å². The van der Waals surface area contributed by atoms with Crippen molar-refractivity contribution < 1.29 is 0 Å². The Labute approximate surface area is 160 Å². The summed E-state index contributed by atoms with van der Waals surface area (Å²) in [6, 6.07) is 12.9. The average molecular weight is 348 g/mol. The third-order valence-corrected chi connectivity index (χ3v) is 4.75. The SMILES string of the molecule is CCCCCCCc1ccc(C#Cc2ccc(CCCCC)cn2)cc1. The van der Waals surface area contributed by atoms with Crippen LogP contribution in [0.4, 0.5) is 0 Å². The van der Waals surface area contributed by atoms with Crippen LogP contribution in [0, 0.1) is 11.8 Å². The van der Waals surface area contributed by atoms with Gasteiger partial charge in [0.1, 0.15) is 5.69 Å². The van der Waals surface area contributed by atoms with Gasteiger partial charge in [-0.15, -0.1) is 0 Å². The van der Waals surface area contributed by atoms with Gasteiger partial charge in [0.15, 0.2) is 0 Å². The lowest BCUT2D eigenvalue weighted by Crippen LogP contribution is -1.89. The zero-order chi connectivity index (χ0) is 18.5. The minimum absolute atomic E-state index is 0.851. The molecule has 138 valence electrons. The molecule has 0 bridgehead atoms. The van der Waals surface area contributed by atoms with E-state index in [4.69, 9.17) is 0 Å². The molecule has 2 rings (SSSR count). The van der Waals surface area contributed by atoms with Gasteiger partial charge >= 0.3 is 0 Å². The molecule has 0 fully saturated rings. The molecule has 1 aromatic heterocycles. The second-order valence-electron chi connectivity index (χ2n) is 7.12. The summed E-state index contributed by atoms with van der Waals surface area (Å²) in [5.41, 5.74) is 4.65. The first kappa shape index (κ1) is 20.2. The monoisotopic (exact) mass is 347 g/mol. The lowest BCUT2D eigenvalue weighted by Gasteiger charge is -2.02. The Kier molecular flexibility index (Phi) is 9.59. The van der Waals surface area contributed by atoms with Gasteiger partial charge in [-0.3, -0.25) is 0 Å². The molecular weight excluding hydrogens is 314 g/mol. The molecule has 0 aliphatic heterocycles. The van der Waals surface area contributed by atoms with Gasteiger partial charge in [0.05, 0.1) is 0 Å². The van der Waals surface area contributed by atoms with Crippen LogP contribution >= 0.6 is 0 Å². The van der Waals surface area contributed by atoms with Crippen molar-refractivity contribution in [2.75, 3.05) is 0 Å². The number of pyridine rings is 1. The van der Waals surface area contributed by atoms with Gasteiger partial charge in [0.2, 0.25) is 0 Å². The molecule has 0 saturated carbocycles. The van der Waals surface area contributed by atoms with Crippen LogP contribution in [0.3, 0.4) is 0 Å². The van der Waals surface area contributed by atoms with Crippen molar-refractivity contribution in [1.82, 2.24) is 4.98 Å². The molecule has 1 aromatic carbocycles. The quantitative estimate of drug-likeness (QED) is 0.343. The average Bonchev–Trinajstić information content (AvgIpc) is 2.68. The predicted octanol–water partition coefficient (Wildman–Crippen LogP) is 6.73. The van der Waals surface area contributed by atoms with Crippen LogP contribution in [0.5, 0.6) is 0 Å². The highest BCUT2D eigenvalue weighted by Crippen LogP contribution is 2.10. The molecule has 2 aromatic rings. The number of hydrogen-bond acceptors (Lipinski definition) is 1. The first-order valence-electron chi connectivity index (χ1n) is 10.4. The molecule has 1 heterocycles. The third kappa shape index (κ3) is 7.87. The van der Waals surface area contributed by atoms with Crippen molar-refractivity contribution in [3.63, 3.8) is 0 Å². The zero-order valence-corrected chi connectivity index (χ0v) is 16.6. The molecule has 0 atom stereocenters. The summed E-state index contributed by atoms with van der Waals surface area (Å²) in [4.78, 5) is 4.48. The first-order valence-corrected chi connectivity index (χ1v) is 10.4. The smallest absolute Gasteiger partial charge is 0.113 e. The topological polar surface area (TPSA) is 12.9 Å². The van der Waals surface area contributed by atoms with E-state index in [1.165, 1.54) is 68.9 Å². The van der Waals surface area contributed by atoms with E-state index < -0.39 is 0 Å². The van der Waals surface area contributed by atoms with E-state index in [1.807, 2.05) is 12.3 Å². The largest absolute Gasteiger partial charge is 0.248 e. The van der Waals surface area contributed by atoms with E-state index in [1.54, 1.807) is 0 Å². The highest BCUT2D eigenvalue weighted by atomic mass is 14.7. The molecule has 26 heavy (non-hydrogen) atoms. The van der Waals surface area contributed by atoms with Gasteiger partial charge < -0.3 is 0 Å². The van der Waals surface area contributed by atoms with E-state index >= 15 is 0 Å². The Hall–Kier alpha value is -2.07. The fourth-order valence-corrected chi connectivity index (χ4v) is 3.05. The molecule has 0 aliphatic rings. The van der Waals surface area contributed by atoms with E-state index in [0.29, 0.717) is 0 Å². The Morgan fingerprint density at radius 2 is 1.27 bits per heavy atom. The summed E-state index contributed by atoms with van der Waals surface area (Å²) in [6.45, 7) is 4.49. The third-order valence-electron chi connectivity index (χ3n) is 4.75. The lowest BCUT2D eigenvalue weighted by atomic mass is 10.0. The van der Waals surface area contributed by atoms with Gasteiger partial charge in [-0.05, 0) is 60.9 Å². The van der Waals surface area contributed by atoms with Gasteiger partial charge in [-0.25, -0.2) is 4.98 Å². The molecule has 0 N–H and O–H groups in total. The highest BCUT2D eigenvalue weighted by Gasteiger charge is 1.96. The summed E-state index contributed by atoms with van der Waals surface area (Å²) < 4.78 is 0. The van der Waals surface area contributed by atoms with Crippen LogP contribution < -0.4 is 0 Å². The van der Waals surface area contributed by atoms with Gasteiger partial charge in [-0.1, -0.05) is 76.5 Å². The van der Waals surface area contributed by atoms with Crippen molar-refractivity contribution in [2.45, 2.75) is 78.1 Å². The normalized spacial score (nSPS) is 10.4. The number of aryl methyl sites for hydroxylation is 2. The maximum absolute atomic E-state index is 4.48. The van der Waals surface area contributed by atoms with E-state index in [0.717, 1.165) is 17.7 Å². The molecule has 0 radical (unpaired) electrons. The standard InChI is InChI=1S/C25H33N/c1-3-5-7-8-10-11-22-13-15-23(16-14-22)17-19-25-20-18-24(21-26-25)12-9-6-4-2/h13-16,18,20-21H,3-12H2,1-2H3. The van der Waals surface area contributed by atoms with Crippen LogP contribution in [0.1, 0.15) is 87.6 Å². The highest BCUT2D eigenvalue weighted by molar-refractivity contribution is 5.41. The number of aromatic nitrogens is 1.